The minimum absolute atomic E-state index is 0.203. The van der Waals surface area contributed by atoms with Gasteiger partial charge in [0, 0.05) is 32.2 Å². The smallest absolute Gasteiger partial charge is 0.382 e. The van der Waals surface area contributed by atoms with Crippen LogP contribution in [0.25, 0.3) is 0 Å². The lowest BCUT2D eigenvalue weighted by Crippen LogP contribution is -2.51. The van der Waals surface area contributed by atoms with Gasteiger partial charge in [-0.15, -0.1) is 0 Å². The number of nitrogen functional groups attached to an aromatic ring is 1. The Bertz CT molecular complexity index is 450. The fourth-order valence-electron chi connectivity index (χ4n) is 1.98. The average Bonchev–Trinajstić information content (AvgIpc) is 2.74. The molecule has 1 aromatic heterocycles. The summed E-state index contributed by atoms with van der Waals surface area (Å²) in [6.45, 7) is -0.0164. The molecule has 0 aliphatic carbocycles. The van der Waals surface area contributed by atoms with Gasteiger partial charge >= 0.3 is 6.18 Å². The Labute approximate surface area is 107 Å². The summed E-state index contributed by atoms with van der Waals surface area (Å²) in [6, 6.07) is 1.41. The van der Waals surface area contributed by atoms with Gasteiger partial charge in [-0.25, -0.2) is 0 Å². The number of hydrogen-bond acceptors (Lipinski definition) is 4. The normalized spacial score (nSPS) is 17.7. The number of nitrogens with zero attached hydrogens (tertiary/aromatic N) is 3. The maximum Gasteiger partial charge on any atom is 0.401 e. The molecule has 0 radical (unpaired) electrons. The zero-order chi connectivity index (χ0) is 14.0. The second kappa shape index (κ2) is 5.08. The van der Waals surface area contributed by atoms with Crippen LogP contribution in [0.5, 0.6) is 0 Å². The van der Waals surface area contributed by atoms with E-state index in [-0.39, 0.29) is 43.6 Å². The summed E-state index contributed by atoms with van der Waals surface area (Å²) in [5, 5.41) is 6.13. The Hall–Kier alpha value is -1.77. The van der Waals surface area contributed by atoms with Gasteiger partial charge in [0.2, 0.25) is 0 Å². The number of amides is 1. The van der Waals surface area contributed by atoms with Crippen LogP contribution in [0, 0.1) is 0 Å². The van der Waals surface area contributed by atoms with Gasteiger partial charge in [-0.1, -0.05) is 0 Å². The molecule has 0 aromatic carbocycles. The van der Waals surface area contributed by atoms with Crippen LogP contribution < -0.4 is 5.73 Å². The number of carbonyl (C=O) groups is 1. The molecule has 1 aliphatic heterocycles. The summed E-state index contributed by atoms with van der Waals surface area (Å²) in [6.07, 6.45) is -4.20. The number of alkyl halides is 3. The highest BCUT2D eigenvalue weighted by molar-refractivity contribution is 5.93. The molecule has 2 heterocycles. The summed E-state index contributed by atoms with van der Waals surface area (Å²) in [5.41, 5.74) is 5.64. The molecule has 0 saturated carbocycles. The molecule has 0 spiro atoms. The summed E-state index contributed by atoms with van der Waals surface area (Å²) >= 11 is 0. The Kier molecular flexibility index (Phi) is 3.65. The molecule has 3 N–H and O–H groups in total. The van der Waals surface area contributed by atoms with Gasteiger partial charge in [0.1, 0.15) is 11.5 Å². The van der Waals surface area contributed by atoms with Gasteiger partial charge in [0.15, 0.2) is 0 Å². The fourth-order valence-corrected chi connectivity index (χ4v) is 1.98. The first-order valence-electron chi connectivity index (χ1n) is 5.74. The van der Waals surface area contributed by atoms with E-state index in [1.165, 1.54) is 15.9 Å². The van der Waals surface area contributed by atoms with Crippen molar-refractivity contribution >= 4 is 11.7 Å². The van der Waals surface area contributed by atoms with Crippen LogP contribution in [0.2, 0.25) is 0 Å². The third-order valence-electron chi connectivity index (χ3n) is 2.89. The van der Waals surface area contributed by atoms with Gasteiger partial charge in [0.25, 0.3) is 5.91 Å². The maximum absolute atomic E-state index is 12.2. The molecule has 1 aromatic rings. The number of H-pyrrole nitrogens is 1. The number of nitrogens with one attached hydrogen (secondary N) is 1. The van der Waals surface area contributed by atoms with E-state index in [4.69, 9.17) is 5.73 Å². The number of halogens is 3. The Morgan fingerprint density at radius 1 is 1.37 bits per heavy atom. The van der Waals surface area contributed by atoms with E-state index in [9.17, 15) is 18.0 Å². The predicted octanol–water partition coefficient (Wildman–Crippen LogP) is 0.312. The third-order valence-corrected chi connectivity index (χ3v) is 2.89. The quantitative estimate of drug-likeness (QED) is 0.815. The predicted molar refractivity (Wildman–Crippen MR) is 61.4 cm³/mol. The van der Waals surface area contributed by atoms with Crippen LogP contribution in [-0.2, 0) is 0 Å². The molecule has 106 valence electrons. The van der Waals surface area contributed by atoms with Gasteiger partial charge < -0.3 is 10.6 Å². The monoisotopic (exact) mass is 277 g/mol. The van der Waals surface area contributed by atoms with Crippen molar-refractivity contribution in [3.8, 4) is 0 Å². The maximum atomic E-state index is 12.2. The van der Waals surface area contributed by atoms with Gasteiger partial charge in [-0.2, -0.15) is 18.3 Å². The third kappa shape index (κ3) is 3.60. The van der Waals surface area contributed by atoms with E-state index in [1.807, 2.05) is 0 Å². The van der Waals surface area contributed by atoms with Crippen molar-refractivity contribution in [1.29, 1.82) is 0 Å². The molecule has 6 nitrogen and oxygen atoms in total. The first-order valence-corrected chi connectivity index (χ1v) is 5.74. The number of anilines is 1. The number of aromatic amines is 1. The summed E-state index contributed by atoms with van der Waals surface area (Å²) < 4.78 is 36.6. The average molecular weight is 277 g/mol. The van der Waals surface area contributed by atoms with E-state index in [0.29, 0.717) is 0 Å². The zero-order valence-electron chi connectivity index (χ0n) is 10.1. The number of nitrogens with two attached hydrogens (primary N) is 1. The highest BCUT2D eigenvalue weighted by Crippen LogP contribution is 2.18. The number of rotatable bonds is 2. The summed E-state index contributed by atoms with van der Waals surface area (Å²) in [5.74, 6) is -0.0880. The van der Waals surface area contributed by atoms with Crippen LogP contribution in [-0.4, -0.2) is 64.8 Å². The fraction of sp³-hybridized carbons (Fsp3) is 0.600. The van der Waals surface area contributed by atoms with Gasteiger partial charge in [-0.3, -0.25) is 14.8 Å². The number of aromatic nitrogens is 2. The van der Waals surface area contributed by atoms with E-state index in [1.54, 1.807) is 0 Å². The van der Waals surface area contributed by atoms with E-state index in [0.717, 1.165) is 0 Å². The zero-order valence-corrected chi connectivity index (χ0v) is 10.1. The molecule has 19 heavy (non-hydrogen) atoms. The summed E-state index contributed by atoms with van der Waals surface area (Å²) in [7, 11) is 0. The molecule has 1 saturated heterocycles. The van der Waals surface area contributed by atoms with Crippen LogP contribution in [0.1, 0.15) is 10.5 Å². The lowest BCUT2D eigenvalue weighted by Gasteiger charge is -2.34. The van der Waals surface area contributed by atoms with Crippen molar-refractivity contribution in [3.63, 3.8) is 0 Å². The molecule has 9 heteroatoms. The molecule has 0 atom stereocenters. The Balaban J connectivity index is 1.88. The first-order chi connectivity index (χ1) is 8.85. The van der Waals surface area contributed by atoms with Crippen LogP contribution in [0.4, 0.5) is 19.0 Å². The molecule has 1 fully saturated rings. The van der Waals surface area contributed by atoms with Crippen molar-refractivity contribution in [2.75, 3.05) is 38.5 Å². The molecule has 1 amide bonds. The SMILES string of the molecule is Nc1cc(C(=O)N2CCN(CC(F)(F)F)CC2)[nH]n1. The molecular weight excluding hydrogens is 263 g/mol. The van der Waals surface area contributed by atoms with Crippen LogP contribution in [0.15, 0.2) is 6.07 Å². The molecule has 2 rings (SSSR count). The second-order valence-electron chi connectivity index (χ2n) is 4.39. The molecule has 0 unspecified atom stereocenters. The highest BCUT2D eigenvalue weighted by Gasteiger charge is 2.33. The highest BCUT2D eigenvalue weighted by atomic mass is 19.4. The largest absolute Gasteiger partial charge is 0.401 e. The molecule has 1 aliphatic rings. The van der Waals surface area contributed by atoms with Crippen molar-refractivity contribution in [1.82, 2.24) is 20.0 Å². The lowest BCUT2D eigenvalue weighted by atomic mass is 10.2. The topological polar surface area (TPSA) is 78.3 Å². The van der Waals surface area contributed by atoms with Crippen LogP contribution >= 0.6 is 0 Å². The van der Waals surface area contributed by atoms with E-state index >= 15 is 0 Å². The second-order valence-corrected chi connectivity index (χ2v) is 4.39. The Morgan fingerprint density at radius 2 is 2.00 bits per heavy atom. The Morgan fingerprint density at radius 3 is 2.47 bits per heavy atom. The standard InChI is InChI=1S/C10H14F3N5O/c11-10(12,13)6-17-1-3-18(4-2-17)9(19)7-5-8(14)16-15-7/h5H,1-4,6H2,(H3,14,15,16). The van der Waals surface area contributed by atoms with Crippen molar-refractivity contribution in [2.45, 2.75) is 6.18 Å². The minimum atomic E-state index is -4.20. The lowest BCUT2D eigenvalue weighted by molar-refractivity contribution is -0.148. The van der Waals surface area contributed by atoms with Crippen molar-refractivity contribution in [2.24, 2.45) is 0 Å². The summed E-state index contributed by atoms with van der Waals surface area (Å²) in [4.78, 5) is 14.7. The molecule has 0 bridgehead atoms. The first kappa shape index (κ1) is 13.7. The van der Waals surface area contributed by atoms with E-state index in [2.05, 4.69) is 10.2 Å². The van der Waals surface area contributed by atoms with Crippen molar-refractivity contribution < 1.29 is 18.0 Å². The minimum Gasteiger partial charge on any atom is -0.382 e. The van der Waals surface area contributed by atoms with Crippen LogP contribution in [0.3, 0.4) is 0 Å². The molecular formula is C10H14F3N5O. The van der Waals surface area contributed by atoms with Gasteiger partial charge in [-0.05, 0) is 0 Å². The number of carbonyl (C=O) groups excluding carboxylic acids is 1. The number of hydrogen-bond donors (Lipinski definition) is 2. The van der Waals surface area contributed by atoms with Gasteiger partial charge in [0.05, 0.1) is 6.54 Å². The van der Waals surface area contributed by atoms with Crippen molar-refractivity contribution in [3.05, 3.63) is 11.8 Å². The van der Waals surface area contributed by atoms with E-state index < -0.39 is 12.7 Å². The number of piperazine rings is 1.